The Bertz CT molecular complexity index is 760. The fourth-order valence-corrected chi connectivity index (χ4v) is 2.82. The van der Waals surface area contributed by atoms with Crippen molar-refractivity contribution in [2.45, 2.75) is 33.3 Å². The molecule has 2 unspecified atom stereocenters. The van der Waals surface area contributed by atoms with Crippen LogP contribution in [0.2, 0.25) is 0 Å². The molecule has 1 fully saturated rings. The summed E-state index contributed by atoms with van der Waals surface area (Å²) in [7, 11) is 0. The van der Waals surface area contributed by atoms with Gasteiger partial charge in [0.15, 0.2) is 0 Å². The molecule has 2 atom stereocenters. The van der Waals surface area contributed by atoms with Crippen LogP contribution in [0.3, 0.4) is 0 Å². The molecule has 24 heavy (non-hydrogen) atoms. The predicted octanol–water partition coefficient (Wildman–Crippen LogP) is 2.02. The molecule has 3 heterocycles. The average molecular weight is 332 g/mol. The monoisotopic (exact) mass is 332 g/mol. The average Bonchev–Trinajstić information content (AvgIpc) is 3.12. The van der Waals surface area contributed by atoms with Crippen LogP contribution in [0.25, 0.3) is 5.82 Å². The first-order chi connectivity index (χ1) is 11.5. The largest absolute Gasteiger partial charge is 0.376 e. The van der Waals surface area contributed by atoms with Gasteiger partial charge in [0.2, 0.25) is 11.8 Å². The van der Waals surface area contributed by atoms with Crippen LogP contribution in [-0.4, -0.2) is 43.7 Å². The van der Waals surface area contributed by atoms with Crippen molar-refractivity contribution in [3.63, 3.8) is 0 Å². The normalized spacial score (nSPS) is 20.3. The van der Waals surface area contributed by atoms with Gasteiger partial charge in [-0.05, 0) is 26.2 Å². The lowest BCUT2D eigenvalue weighted by Gasteiger charge is -2.16. The SMILES string of the molecule is Cc1nc(NCC2OCCC2C)nc(-n2ccnc2C)c1[N+](=O)[O-]. The summed E-state index contributed by atoms with van der Waals surface area (Å²) in [5.41, 5.74) is 0.188. The van der Waals surface area contributed by atoms with E-state index in [1.165, 1.54) is 0 Å². The van der Waals surface area contributed by atoms with E-state index in [-0.39, 0.29) is 17.6 Å². The minimum absolute atomic E-state index is 0.0996. The van der Waals surface area contributed by atoms with Gasteiger partial charge in [0.05, 0.1) is 11.0 Å². The zero-order chi connectivity index (χ0) is 17.3. The molecule has 1 saturated heterocycles. The minimum Gasteiger partial charge on any atom is -0.376 e. The molecule has 0 aromatic carbocycles. The third kappa shape index (κ3) is 3.07. The summed E-state index contributed by atoms with van der Waals surface area (Å²) in [5, 5.41) is 14.6. The molecule has 0 aliphatic carbocycles. The van der Waals surface area contributed by atoms with E-state index in [0.717, 1.165) is 13.0 Å². The number of hydrogen-bond donors (Lipinski definition) is 1. The van der Waals surface area contributed by atoms with Crippen LogP contribution in [0.15, 0.2) is 12.4 Å². The second-order valence-corrected chi connectivity index (χ2v) is 5.96. The third-order valence-electron chi connectivity index (χ3n) is 4.28. The molecule has 3 rings (SSSR count). The first-order valence-corrected chi connectivity index (χ1v) is 7.86. The maximum atomic E-state index is 11.4. The first-order valence-electron chi connectivity index (χ1n) is 7.86. The topological polar surface area (TPSA) is 108 Å². The first kappa shape index (κ1) is 16.3. The number of imidazole rings is 1. The summed E-state index contributed by atoms with van der Waals surface area (Å²) in [5.74, 6) is 1.65. The number of aromatic nitrogens is 4. The van der Waals surface area contributed by atoms with E-state index < -0.39 is 4.92 Å². The molecule has 9 nitrogen and oxygen atoms in total. The second-order valence-electron chi connectivity index (χ2n) is 5.96. The summed E-state index contributed by atoms with van der Waals surface area (Å²) in [6, 6.07) is 0. The maximum Gasteiger partial charge on any atom is 0.333 e. The van der Waals surface area contributed by atoms with E-state index in [1.54, 1.807) is 30.8 Å². The third-order valence-corrected chi connectivity index (χ3v) is 4.28. The van der Waals surface area contributed by atoms with Crippen LogP contribution in [0.4, 0.5) is 11.6 Å². The van der Waals surface area contributed by atoms with Gasteiger partial charge in [0.25, 0.3) is 0 Å². The van der Waals surface area contributed by atoms with Crippen LogP contribution in [0.1, 0.15) is 24.9 Å². The molecule has 2 aromatic heterocycles. The van der Waals surface area contributed by atoms with Crippen molar-refractivity contribution >= 4 is 11.6 Å². The van der Waals surface area contributed by atoms with Crippen LogP contribution in [-0.2, 0) is 4.74 Å². The Morgan fingerprint density at radius 1 is 1.46 bits per heavy atom. The van der Waals surface area contributed by atoms with Crippen molar-refractivity contribution in [2.75, 3.05) is 18.5 Å². The number of hydrogen-bond acceptors (Lipinski definition) is 7. The predicted molar refractivity (Wildman–Crippen MR) is 87.3 cm³/mol. The molecule has 128 valence electrons. The zero-order valence-electron chi connectivity index (χ0n) is 13.9. The van der Waals surface area contributed by atoms with Crippen molar-refractivity contribution in [1.82, 2.24) is 19.5 Å². The van der Waals surface area contributed by atoms with Gasteiger partial charge in [-0.3, -0.25) is 14.7 Å². The summed E-state index contributed by atoms with van der Waals surface area (Å²) >= 11 is 0. The van der Waals surface area contributed by atoms with Gasteiger partial charge in [-0.15, -0.1) is 0 Å². The van der Waals surface area contributed by atoms with E-state index in [4.69, 9.17) is 4.74 Å². The summed E-state index contributed by atoms with van der Waals surface area (Å²) in [6.07, 6.45) is 4.36. The number of anilines is 1. The molecule has 0 radical (unpaired) electrons. The van der Waals surface area contributed by atoms with Gasteiger partial charge >= 0.3 is 5.69 Å². The van der Waals surface area contributed by atoms with E-state index in [9.17, 15) is 10.1 Å². The highest BCUT2D eigenvalue weighted by atomic mass is 16.6. The highest BCUT2D eigenvalue weighted by Crippen LogP contribution is 2.26. The van der Waals surface area contributed by atoms with Crippen molar-refractivity contribution in [3.05, 3.63) is 34.0 Å². The molecule has 9 heteroatoms. The Morgan fingerprint density at radius 2 is 2.25 bits per heavy atom. The second kappa shape index (κ2) is 6.52. The van der Waals surface area contributed by atoms with Gasteiger partial charge < -0.3 is 10.1 Å². The van der Waals surface area contributed by atoms with Gasteiger partial charge in [0, 0.05) is 25.5 Å². The number of nitro groups is 1. The zero-order valence-corrected chi connectivity index (χ0v) is 13.9. The van der Waals surface area contributed by atoms with Gasteiger partial charge in [-0.1, -0.05) is 6.92 Å². The molecule has 0 amide bonds. The number of nitrogens with zero attached hydrogens (tertiary/aromatic N) is 5. The van der Waals surface area contributed by atoms with Crippen LogP contribution < -0.4 is 5.32 Å². The van der Waals surface area contributed by atoms with Crippen molar-refractivity contribution < 1.29 is 9.66 Å². The van der Waals surface area contributed by atoms with Gasteiger partial charge in [-0.2, -0.15) is 4.98 Å². The number of aryl methyl sites for hydroxylation is 2. The summed E-state index contributed by atoms with van der Waals surface area (Å²) in [6.45, 7) is 6.84. The van der Waals surface area contributed by atoms with Crippen molar-refractivity contribution in [3.8, 4) is 5.82 Å². The minimum atomic E-state index is -0.462. The molecule has 1 aliphatic heterocycles. The molecule has 0 spiro atoms. The molecule has 0 saturated carbocycles. The highest BCUT2D eigenvalue weighted by Gasteiger charge is 2.26. The number of ether oxygens (including phenoxy) is 1. The lowest BCUT2D eigenvalue weighted by atomic mass is 10.0. The Morgan fingerprint density at radius 3 is 2.83 bits per heavy atom. The van der Waals surface area contributed by atoms with Crippen LogP contribution in [0.5, 0.6) is 0 Å². The highest BCUT2D eigenvalue weighted by molar-refractivity contribution is 5.54. The lowest BCUT2D eigenvalue weighted by Crippen LogP contribution is -2.25. The maximum absolute atomic E-state index is 11.4. The standard InChI is InChI=1S/C15H20N6O3/c1-9-4-7-24-12(9)8-17-15-18-10(2)13(21(22)23)14(19-15)20-6-5-16-11(20)3/h5-6,9,12H,4,7-8H2,1-3H3,(H,17,18,19). The van der Waals surface area contributed by atoms with Gasteiger partial charge in [-0.25, -0.2) is 9.97 Å². The smallest absolute Gasteiger partial charge is 0.333 e. The van der Waals surface area contributed by atoms with E-state index in [1.807, 2.05) is 0 Å². The Labute approximate surface area is 139 Å². The molecule has 2 aromatic rings. The summed E-state index contributed by atoms with van der Waals surface area (Å²) in [4.78, 5) is 23.6. The number of rotatable bonds is 5. The Kier molecular flexibility index (Phi) is 4.43. The number of nitrogens with one attached hydrogen (secondary N) is 1. The summed E-state index contributed by atoms with van der Waals surface area (Å²) < 4.78 is 7.25. The lowest BCUT2D eigenvalue weighted by molar-refractivity contribution is -0.385. The molecule has 1 aliphatic rings. The van der Waals surface area contributed by atoms with Gasteiger partial charge in [0.1, 0.15) is 11.5 Å². The molecular weight excluding hydrogens is 312 g/mol. The van der Waals surface area contributed by atoms with E-state index in [2.05, 4.69) is 27.2 Å². The Hall–Kier alpha value is -2.55. The quantitative estimate of drug-likeness (QED) is 0.659. The molecule has 0 bridgehead atoms. The fourth-order valence-electron chi connectivity index (χ4n) is 2.82. The van der Waals surface area contributed by atoms with E-state index in [0.29, 0.717) is 29.9 Å². The Balaban J connectivity index is 1.93. The molecule has 1 N–H and O–H groups in total. The molecular formula is C15H20N6O3. The van der Waals surface area contributed by atoms with Crippen molar-refractivity contribution in [1.29, 1.82) is 0 Å². The fraction of sp³-hybridized carbons (Fsp3) is 0.533. The van der Waals surface area contributed by atoms with E-state index >= 15 is 0 Å². The van der Waals surface area contributed by atoms with Crippen LogP contribution in [0, 0.1) is 29.9 Å². The van der Waals surface area contributed by atoms with Crippen molar-refractivity contribution in [2.24, 2.45) is 5.92 Å². The van der Waals surface area contributed by atoms with Crippen LogP contribution >= 0.6 is 0 Å².